The molecule has 1 atom stereocenters. The Balaban J connectivity index is 1.23. The Labute approximate surface area is 279 Å². The molecule has 1 fully saturated rings. The molecule has 47 heavy (non-hydrogen) atoms. The van der Waals surface area contributed by atoms with Crippen molar-refractivity contribution in [3.8, 4) is 16.9 Å². The summed E-state index contributed by atoms with van der Waals surface area (Å²) in [5.74, 6) is 1.67. The number of esters is 1. The van der Waals surface area contributed by atoms with Gasteiger partial charge in [0.2, 0.25) is 0 Å². The van der Waals surface area contributed by atoms with Crippen molar-refractivity contribution in [2.24, 2.45) is 0 Å². The van der Waals surface area contributed by atoms with Gasteiger partial charge in [-0.1, -0.05) is 74.0 Å². The number of aryl methyl sites for hydroxylation is 2. The normalized spacial score (nSPS) is 16.0. The lowest BCUT2D eigenvalue weighted by molar-refractivity contribution is 0.00704. The summed E-state index contributed by atoms with van der Waals surface area (Å²) in [5.41, 5.74) is 7.66. The van der Waals surface area contributed by atoms with Crippen molar-refractivity contribution < 1.29 is 14.3 Å². The topological polar surface area (TPSA) is 68.6 Å². The maximum Gasteiger partial charge on any atom is 0.339 e. The van der Waals surface area contributed by atoms with E-state index in [4.69, 9.17) is 14.5 Å². The van der Waals surface area contributed by atoms with Crippen LogP contribution in [0.2, 0.25) is 0 Å². The standard InChI is InChI=1S/C40H48N4O3/c1-6-7-17-36-42-37-28(2)18-23-35(46-25-12-24-43-27-41-33-15-10-11-16-34(33)43)38(37)44(36)26-29-19-21-30(22-20-29)31-13-8-9-14-32(31)39(45)47-40(3,4)5/h8-11,13-14,16,18-23,33,41H,6-7,12,15,17,24-27H2,1-5H3. The van der Waals surface area contributed by atoms with Crippen molar-refractivity contribution in [3.05, 3.63) is 107 Å². The van der Waals surface area contributed by atoms with Gasteiger partial charge in [-0.15, -0.1) is 0 Å². The van der Waals surface area contributed by atoms with Crippen molar-refractivity contribution in [2.75, 3.05) is 19.8 Å². The van der Waals surface area contributed by atoms with Gasteiger partial charge >= 0.3 is 5.97 Å². The molecule has 2 aliphatic rings. The molecule has 0 bridgehead atoms. The first kappa shape index (κ1) is 32.6. The molecule has 6 rings (SSSR count). The Morgan fingerprint density at radius 2 is 1.85 bits per heavy atom. The van der Waals surface area contributed by atoms with Gasteiger partial charge in [0.15, 0.2) is 0 Å². The Kier molecular flexibility index (Phi) is 9.83. The second-order valence-corrected chi connectivity index (χ2v) is 13.7. The second kappa shape index (κ2) is 14.2. The van der Waals surface area contributed by atoms with Crippen LogP contribution in [0.15, 0.2) is 84.6 Å². The van der Waals surface area contributed by atoms with Crippen LogP contribution in [0.3, 0.4) is 0 Å². The molecule has 0 spiro atoms. The van der Waals surface area contributed by atoms with Crippen molar-refractivity contribution in [1.29, 1.82) is 0 Å². The number of nitrogens with one attached hydrogen (secondary N) is 1. The summed E-state index contributed by atoms with van der Waals surface area (Å²) < 4.78 is 14.6. The van der Waals surface area contributed by atoms with E-state index < -0.39 is 5.60 Å². The number of aromatic nitrogens is 2. The van der Waals surface area contributed by atoms with Gasteiger partial charge in [0, 0.05) is 25.2 Å². The maximum atomic E-state index is 13.0. The molecule has 3 aromatic carbocycles. The van der Waals surface area contributed by atoms with E-state index >= 15 is 0 Å². The summed E-state index contributed by atoms with van der Waals surface area (Å²) in [7, 11) is 0. The van der Waals surface area contributed by atoms with Gasteiger partial charge in [0.05, 0.1) is 30.4 Å². The van der Waals surface area contributed by atoms with Gasteiger partial charge in [-0.3, -0.25) is 5.32 Å². The van der Waals surface area contributed by atoms with Crippen LogP contribution in [0.1, 0.15) is 80.7 Å². The number of benzene rings is 3. The van der Waals surface area contributed by atoms with Crippen LogP contribution in [0.4, 0.5) is 0 Å². The predicted molar refractivity (Wildman–Crippen MR) is 190 cm³/mol. The van der Waals surface area contributed by atoms with Crippen molar-refractivity contribution in [1.82, 2.24) is 19.8 Å². The second-order valence-electron chi connectivity index (χ2n) is 13.7. The SMILES string of the molecule is CCCCc1nc2c(C)ccc(OCCCN3CNC4CC=CC=C43)c2n1Cc1ccc(-c2ccccc2C(=O)OC(C)(C)C)cc1. The highest BCUT2D eigenvalue weighted by molar-refractivity contribution is 5.97. The Morgan fingerprint density at radius 1 is 1.04 bits per heavy atom. The van der Waals surface area contributed by atoms with Crippen LogP contribution in [0.25, 0.3) is 22.2 Å². The molecule has 0 amide bonds. The van der Waals surface area contributed by atoms with Gasteiger partial charge < -0.3 is 18.9 Å². The number of unbranched alkanes of at least 4 members (excludes halogenated alkanes) is 1. The summed E-state index contributed by atoms with van der Waals surface area (Å²) >= 11 is 0. The summed E-state index contributed by atoms with van der Waals surface area (Å²) in [5, 5.41) is 3.61. The highest BCUT2D eigenvalue weighted by Crippen LogP contribution is 2.32. The average Bonchev–Trinajstić information content (AvgIpc) is 3.64. The number of hydrogen-bond acceptors (Lipinski definition) is 6. The van der Waals surface area contributed by atoms with Gasteiger partial charge in [-0.25, -0.2) is 9.78 Å². The third kappa shape index (κ3) is 7.46. The van der Waals surface area contributed by atoms with E-state index in [0.717, 1.165) is 84.6 Å². The number of allylic oxidation sites excluding steroid dienone is 2. The Hall–Kier alpha value is -4.36. The molecule has 246 valence electrons. The lowest BCUT2D eigenvalue weighted by Gasteiger charge is -2.22. The van der Waals surface area contributed by atoms with E-state index in [0.29, 0.717) is 24.8 Å². The fourth-order valence-electron chi connectivity index (χ4n) is 6.50. The smallest absolute Gasteiger partial charge is 0.339 e. The van der Waals surface area contributed by atoms with Gasteiger partial charge in [0.25, 0.3) is 0 Å². The quantitative estimate of drug-likeness (QED) is 0.125. The highest BCUT2D eigenvalue weighted by Gasteiger charge is 2.27. The molecular weight excluding hydrogens is 584 g/mol. The van der Waals surface area contributed by atoms with Gasteiger partial charge in [0.1, 0.15) is 22.7 Å². The maximum absolute atomic E-state index is 13.0. The highest BCUT2D eigenvalue weighted by atomic mass is 16.6. The summed E-state index contributed by atoms with van der Waals surface area (Å²) in [6.45, 7) is 13.2. The van der Waals surface area contributed by atoms with E-state index in [1.807, 2.05) is 45.0 Å². The van der Waals surface area contributed by atoms with Crippen molar-refractivity contribution in [2.45, 2.75) is 84.9 Å². The Bertz CT molecular complexity index is 1780. The number of hydrogen-bond donors (Lipinski definition) is 1. The first-order valence-electron chi connectivity index (χ1n) is 17.1. The molecule has 4 aromatic rings. The molecule has 7 heteroatoms. The zero-order chi connectivity index (χ0) is 33.0. The first-order valence-corrected chi connectivity index (χ1v) is 17.1. The molecule has 1 unspecified atom stereocenters. The molecular formula is C40H48N4O3. The molecule has 7 nitrogen and oxygen atoms in total. The number of carbonyl (C=O) groups excluding carboxylic acids is 1. The molecule has 1 N–H and O–H groups in total. The van der Waals surface area contributed by atoms with Crippen molar-refractivity contribution >= 4 is 17.0 Å². The number of ether oxygens (including phenoxy) is 2. The predicted octanol–water partition coefficient (Wildman–Crippen LogP) is 8.20. The average molecular weight is 633 g/mol. The van der Waals surface area contributed by atoms with Crippen LogP contribution < -0.4 is 10.1 Å². The third-order valence-electron chi connectivity index (χ3n) is 8.90. The zero-order valence-electron chi connectivity index (χ0n) is 28.5. The van der Waals surface area contributed by atoms with Crippen LogP contribution in [0, 0.1) is 6.92 Å². The van der Waals surface area contributed by atoms with E-state index in [1.165, 1.54) is 11.3 Å². The molecule has 1 aliphatic carbocycles. The molecule has 1 aliphatic heterocycles. The molecule has 2 heterocycles. The third-order valence-corrected chi connectivity index (χ3v) is 8.90. The van der Waals surface area contributed by atoms with Crippen LogP contribution in [-0.2, 0) is 17.7 Å². The Morgan fingerprint density at radius 3 is 2.64 bits per heavy atom. The van der Waals surface area contributed by atoms with Gasteiger partial charge in [-0.05, 0) is 87.4 Å². The van der Waals surface area contributed by atoms with Gasteiger partial charge in [-0.2, -0.15) is 0 Å². The number of fused-ring (bicyclic) bond motifs is 2. The summed E-state index contributed by atoms with van der Waals surface area (Å²) in [6, 6.07) is 20.8. The van der Waals surface area contributed by atoms with Crippen LogP contribution in [0.5, 0.6) is 5.75 Å². The minimum atomic E-state index is -0.558. The monoisotopic (exact) mass is 632 g/mol. The molecule has 0 saturated carbocycles. The number of nitrogens with zero attached hydrogens (tertiary/aromatic N) is 3. The lowest BCUT2D eigenvalue weighted by Crippen LogP contribution is -2.24. The number of rotatable bonds is 12. The molecule has 1 aromatic heterocycles. The number of imidazole rings is 1. The number of carbonyl (C=O) groups is 1. The fraction of sp³-hybridized carbons (Fsp3) is 0.400. The van der Waals surface area contributed by atoms with Crippen LogP contribution >= 0.6 is 0 Å². The van der Waals surface area contributed by atoms with E-state index in [1.54, 1.807) is 0 Å². The zero-order valence-corrected chi connectivity index (χ0v) is 28.5. The van der Waals surface area contributed by atoms with E-state index in [2.05, 4.69) is 83.3 Å². The minimum Gasteiger partial charge on any atom is -0.491 e. The van der Waals surface area contributed by atoms with Crippen LogP contribution in [-0.4, -0.2) is 51.9 Å². The molecule has 0 radical (unpaired) electrons. The summed E-state index contributed by atoms with van der Waals surface area (Å²) in [6.07, 6.45) is 11.7. The largest absolute Gasteiger partial charge is 0.491 e. The first-order chi connectivity index (χ1) is 22.7. The summed E-state index contributed by atoms with van der Waals surface area (Å²) in [4.78, 5) is 20.6. The lowest BCUT2D eigenvalue weighted by atomic mass is 9.98. The van der Waals surface area contributed by atoms with Crippen molar-refractivity contribution in [3.63, 3.8) is 0 Å². The van der Waals surface area contributed by atoms with E-state index in [-0.39, 0.29) is 5.97 Å². The fourth-order valence-corrected chi connectivity index (χ4v) is 6.50. The van der Waals surface area contributed by atoms with E-state index in [9.17, 15) is 4.79 Å². The minimum absolute atomic E-state index is 0.310. The molecule has 1 saturated heterocycles.